The number of carbonyl (C=O) groups is 3. The molecule has 3 aromatic carbocycles. The maximum absolute atomic E-state index is 12.3. The lowest BCUT2D eigenvalue weighted by Gasteiger charge is -2.11. The molecule has 9 heteroatoms. The number of hydrogen-bond acceptors (Lipinski definition) is 5. The molecule has 174 valence electrons. The van der Waals surface area contributed by atoms with Crippen molar-refractivity contribution in [3.8, 4) is 5.75 Å². The first kappa shape index (κ1) is 24.5. The van der Waals surface area contributed by atoms with Crippen molar-refractivity contribution in [3.63, 3.8) is 0 Å². The fraction of sp³-hybridized carbons (Fsp3) is 0.120. The summed E-state index contributed by atoms with van der Waals surface area (Å²) in [5.74, 6) is -1.78. The lowest BCUT2D eigenvalue weighted by Crippen LogP contribution is -2.32. The molecule has 0 heterocycles. The van der Waals surface area contributed by atoms with Gasteiger partial charge in [-0.1, -0.05) is 41.9 Å². The summed E-state index contributed by atoms with van der Waals surface area (Å²) in [6.07, 6.45) is 1.32. The number of hydrazone groups is 1. The number of halogens is 1. The van der Waals surface area contributed by atoms with Gasteiger partial charge < -0.3 is 15.4 Å². The molecule has 8 nitrogen and oxygen atoms in total. The van der Waals surface area contributed by atoms with Crippen LogP contribution in [0.2, 0.25) is 5.02 Å². The van der Waals surface area contributed by atoms with Crippen LogP contribution in [0.15, 0.2) is 71.8 Å². The number of rotatable bonds is 7. The molecular formula is C25H23ClN4O4. The topological polar surface area (TPSA) is 109 Å². The number of nitrogens with zero attached hydrogens (tertiary/aromatic N) is 1. The number of para-hydroxylation sites is 1. The smallest absolute Gasteiger partial charge is 0.329 e. The van der Waals surface area contributed by atoms with Gasteiger partial charge >= 0.3 is 11.8 Å². The van der Waals surface area contributed by atoms with Crippen LogP contribution >= 0.6 is 11.6 Å². The molecule has 3 N–H and O–H groups in total. The minimum absolute atomic E-state index is 0.216. The van der Waals surface area contributed by atoms with E-state index in [1.807, 2.05) is 32.0 Å². The highest BCUT2D eigenvalue weighted by molar-refractivity contribution is 6.39. The molecule has 0 saturated heterocycles. The van der Waals surface area contributed by atoms with E-state index in [0.29, 0.717) is 22.0 Å². The highest BCUT2D eigenvalue weighted by atomic mass is 35.5. The van der Waals surface area contributed by atoms with Crippen molar-refractivity contribution < 1.29 is 19.1 Å². The van der Waals surface area contributed by atoms with Crippen LogP contribution in [0.3, 0.4) is 0 Å². The number of ether oxygens (including phenoxy) is 1. The average molecular weight is 479 g/mol. The van der Waals surface area contributed by atoms with Gasteiger partial charge in [0.15, 0.2) is 6.61 Å². The zero-order valence-electron chi connectivity index (χ0n) is 18.6. The first-order chi connectivity index (χ1) is 16.3. The van der Waals surface area contributed by atoms with Crippen molar-refractivity contribution in [1.82, 2.24) is 5.43 Å². The Morgan fingerprint density at radius 2 is 1.74 bits per heavy atom. The summed E-state index contributed by atoms with van der Waals surface area (Å²) in [5, 5.41) is 9.48. The van der Waals surface area contributed by atoms with Gasteiger partial charge in [-0.15, -0.1) is 0 Å². The van der Waals surface area contributed by atoms with Gasteiger partial charge in [-0.05, 0) is 61.4 Å². The van der Waals surface area contributed by atoms with Crippen LogP contribution < -0.4 is 20.8 Å². The molecule has 3 aromatic rings. The number of aryl methyl sites for hydroxylation is 2. The zero-order chi connectivity index (χ0) is 24.5. The predicted molar refractivity (Wildman–Crippen MR) is 132 cm³/mol. The van der Waals surface area contributed by atoms with Gasteiger partial charge in [-0.25, -0.2) is 5.43 Å². The number of benzene rings is 3. The molecule has 3 rings (SSSR count). The highest BCUT2D eigenvalue weighted by Gasteiger charge is 2.13. The number of nitrogens with one attached hydrogen (secondary N) is 3. The second-order valence-corrected chi connectivity index (χ2v) is 7.79. The van der Waals surface area contributed by atoms with Crippen LogP contribution in [0.4, 0.5) is 11.4 Å². The van der Waals surface area contributed by atoms with Gasteiger partial charge in [0, 0.05) is 22.0 Å². The van der Waals surface area contributed by atoms with E-state index in [0.717, 1.165) is 16.8 Å². The maximum atomic E-state index is 12.3. The molecule has 0 aliphatic carbocycles. The molecule has 0 aliphatic rings. The summed E-state index contributed by atoms with van der Waals surface area (Å²) in [7, 11) is 0. The van der Waals surface area contributed by atoms with E-state index in [1.54, 1.807) is 42.5 Å². The molecular weight excluding hydrogens is 456 g/mol. The molecule has 0 atom stereocenters. The minimum Gasteiger partial charge on any atom is -0.483 e. The number of hydrogen-bond donors (Lipinski definition) is 3. The van der Waals surface area contributed by atoms with Crippen LogP contribution in [0.25, 0.3) is 0 Å². The normalized spacial score (nSPS) is 10.6. The summed E-state index contributed by atoms with van der Waals surface area (Å²) in [4.78, 5) is 36.3. The summed E-state index contributed by atoms with van der Waals surface area (Å²) in [6.45, 7) is 3.64. The Bertz CT molecular complexity index is 1240. The standard InChI is InChI=1S/C25H23ClN4O4/c1-16-10-11-17(2)21(12-16)29-23(31)15-34-22-9-4-3-6-18(22)14-27-30-25(33)24(32)28-20-8-5-7-19(26)13-20/h3-14H,15H2,1-2H3,(H,28,32)(H,29,31)(H,30,33)/b27-14-. The van der Waals surface area contributed by atoms with Crippen molar-refractivity contribution in [2.75, 3.05) is 17.2 Å². The van der Waals surface area contributed by atoms with Crippen LogP contribution in [-0.2, 0) is 14.4 Å². The molecule has 0 unspecified atom stereocenters. The predicted octanol–water partition coefficient (Wildman–Crippen LogP) is 4.06. The van der Waals surface area contributed by atoms with Gasteiger partial charge in [-0.3, -0.25) is 14.4 Å². The van der Waals surface area contributed by atoms with E-state index < -0.39 is 11.8 Å². The summed E-state index contributed by atoms with van der Waals surface area (Å²) < 4.78 is 5.63. The Morgan fingerprint density at radius 1 is 0.941 bits per heavy atom. The summed E-state index contributed by atoms with van der Waals surface area (Å²) in [6, 6.07) is 19.0. The van der Waals surface area contributed by atoms with Gasteiger partial charge in [0.25, 0.3) is 5.91 Å². The first-order valence-electron chi connectivity index (χ1n) is 10.3. The van der Waals surface area contributed by atoms with Crippen molar-refractivity contribution in [1.29, 1.82) is 0 Å². The largest absolute Gasteiger partial charge is 0.483 e. The molecule has 0 bridgehead atoms. The molecule has 0 spiro atoms. The van der Waals surface area contributed by atoms with E-state index in [1.165, 1.54) is 12.3 Å². The number of carbonyl (C=O) groups excluding carboxylic acids is 3. The van der Waals surface area contributed by atoms with Gasteiger partial charge in [0.1, 0.15) is 5.75 Å². The van der Waals surface area contributed by atoms with Crippen LogP contribution in [0.5, 0.6) is 5.75 Å². The van der Waals surface area contributed by atoms with Gasteiger partial charge in [0.05, 0.1) is 6.21 Å². The summed E-state index contributed by atoms with van der Waals surface area (Å²) in [5.41, 5.74) is 5.75. The quantitative estimate of drug-likeness (QED) is 0.270. The number of anilines is 2. The Balaban J connectivity index is 1.55. The summed E-state index contributed by atoms with van der Waals surface area (Å²) >= 11 is 5.86. The second-order valence-electron chi connectivity index (χ2n) is 7.36. The Morgan fingerprint density at radius 3 is 2.53 bits per heavy atom. The molecule has 0 aliphatic heterocycles. The van der Waals surface area contributed by atoms with Crippen LogP contribution in [-0.4, -0.2) is 30.5 Å². The first-order valence-corrected chi connectivity index (χ1v) is 10.7. The Hall–Kier alpha value is -4.17. The van der Waals surface area contributed by atoms with E-state index in [2.05, 4.69) is 21.2 Å². The molecule has 34 heavy (non-hydrogen) atoms. The van der Waals surface area contributed by atoms with Crippen molar-refractivity contribution >= 4 is 46.9 Å². The highest BCUT2D eigenvalue weighted by Crippen LogP contribution is 2.18. The van der Waals surface area contributed by atoms with E-state index >= 15 is 0 Å². The fourth-order valence-electron chi connectivity index (χ4n) is 2.88. The van der Waals surface area contributed by atoms with E-state index in [4.69, 9.17) is 16.3 Å². The Kier molecular flexibility index (Phi) is 8.37. The monoisotopic (exact) mass is 478 g/mol. The van der Waals surface area contributed by atoms with Gasteiger partial charge in [0.2, 0.25) is 0 Å². The average Bonchev–Trinajstić information content (AvgIpc) is 2.80. The lowest BCUT2D eigenvalue weighted by molar-refractivity contribution is -0.136. The lowest BCUT2D eigenvalue weighted by atomic mass is 10.1. The molecule has 0 aromatic heterocycles. The van der Waals surface area contributed by atoms with Crippen LogP contribution in [0.1, 0.15) is 16.7 Å². The van der Waals surface area contributed by atoms with E-state index in [-0.39, 0.29) is 12.5 Å². The maximum Gasteiger partial charge on any atom is 0.329 e. The zero-order valence-corrected chi connectivity index (χ0v) is 19.3. The van der Waals surface area contributed by atoms with Gasteiger partial charge in [-0.2, -0.15) is 5.10 Å². The molecule has 0 fully saturated rings. The number of amides is 3. The van der Waals surface area contributed by atoms with Crippen molar-refractivity contribution in [2.45, 2.75) is 13.8 Å². The van der Waals surface area contributed by atoms with Crippen molar-refractivity contribution in [3.05, 3.63) is 88.4 Å². The molecule has 0 saturated carbocycles. The third-order valence-corrected chi connectivity index (χ3v) is 4.84. The van der Waals surface area contributed by atoms with E-state index in [9.17, 15) is 14.4 Å². The third kappa shape index (κ3) is 7.18. The third-order valence-electron chi connectivity index (χ3n) is 4.60. The minimum atomic E-state index is -0.956. The molecule has 3 amide bonds. The SMILES string of the molecule is Cc1ccc(C)c(NC(=O)COc2ccccc2/C=N\NC(=O)C(=O)Nc2cccc(Cl)c2)c1. The Labute approximate surface area is 202 Å². The second kappa shape index (κ2) is 11.6. The van der Waals surface area contributed by atoms with Crippen molar-refractivity contribution in [2.24, 2.45) is 5.10 Å². The van der Waals surface area contributed by atoms with Crippen LogP contribution in [0, 0.1) is 13.8 Å². The molecule has 0 radical (unpaired) electrons. The fourth-order valence-corrected chi connectivity index (χ4v) is 3.07.